The number of aromatic nitrogens is 4. The zero-order valence-electron chi connectivity index (χ0n) is 62.9. The van der Waals surface area contributed by atoms with E-state index in [4.69, 9.17) is 43.6 Å². The summed E-state index contributed by atoms with van der Waals surface area (Å²) in [5.41, 5.74) is -9.80. The van der Waals surface area contributed by atoms with Gasteiger partial charge in [0.25, 0.3) is 69.6 Å². The minimum Gasteiger partial charge on any atom is -0.535 e. The molecule has 0 fully saturated rings. The lowest BCUT2D eigenvalue weighted by Crippen LogP contribution is -2.48. The summed E-state index contributed by atoms with van der Waals surface area (Å²) >= 11 is 0. The van der Waals surface area contributed by atoms with Gasteiger partial charge in [-0.1, -0.05) is 48.4 Å². The Morgan fingerprint density at radius 2 is 0.878 bits per heavy atom. The van der Waals surface area contributed by atoms with Gasteiger partial charge in [0.2, 0.25) is 17.8 Å². The highest BCUT2D eigenvalue weighted by Crippen LogP contribution is 2.53. The minimum absolute atomic E-state index is 0.0117. The largest absolute Gasteiger partial charge is 0.535 e. The number of non-ortho nitro benzene ring substituents is 4. The fourth-order valence-corrected chi connectivity index (χ4v) is 14.9. The molecule has 2 N–H and O–H groups in total. The zero-order valence-corrected chi connectivity index (χ0v) is 62.9. The first-order valence-corrected chi connectivity index (χ1v) is 35.6. The number of carboxylic acid groups (broad SMARTS) is 1. The van der Waals surface area contributed by atoms with Crippen LogP contribution in [0.2, 0.25) is 0 Å². The van der Waals surface area contributed by atoms with Crippen LogP contribution >= 0.6 is 0 Å². The van der Waals surface area contributed by atoms with Crippen molar-refractivity contribution in [3.63, 3.8) is 0 Å². The van der Waals surface area contributed by atoms with Crippen molar-refractivity contribution in [3.05, 3.63) is 266 Å². The second-order valence-electron chi connectivity index (χ2n) is 27.5. The van der Waals surface area contributed by atoms with Crippen molar-refractivity contribution in [2.75, 3.05) is 0 Å². The fraction of sp³-hybridized carbons (Fsp3) is 0.189. The number of hydrogen-bond donors (Lipinski definition) is 2. The van der Waals surface area contributed by atoms with Crippen LogP contribution in [0.1, 0.15) is 96.2 Å². The van der Waals surface area contributed by atoms with Gasteiger partial charge < -0.3 is 52.5 Å². The zero-order chi connectivity index (χ0) is 88.6. The Kier molecular flexibility index (Phi) is 21.2. The minimum atomic E-state index is -2.22. The topological polar surface area (TPSA) is 647 Å². The van der Waals surface area contributed by atoms with E-state index in [9.17, 15) is 124 Å². The van der Waals surface area contributed by atoms with Crippen LogP contribution in [-0.4, -0.2) is 144 Å². The van der Waals surface area contributed by atoms with E-state index in [-0.39, 0.29) is 60.3 Å². The Morgan fingerprint density at radius 1 is 0.512 bits per heavy atom. The molecule has 16 rings (SSSR count). The van der Waals surface area contributed by atoms with Gasteiger partial charge in [0.15, 0.2) is 5.60 Å². The van der Waals surface area contributed by atoms with E-state index in [1.165, 1.54) is 32.5 Å². The molecule has 0 saturated heterocycles. The van der Waals surface area contributed by atoms with Crippen molar-refractivity contribution < 1.29 is 112 Å². The van der Waals surface area contributed by atoms with E-state index in [1.54, 1.807) is 47.9 Å². The number of carboxylic acids is 1. The van der Waals surface area contributed by atoms with Gasteiger partial charge in [-0.15, -0.1) is 0 Å². The Morgan fingerprint density at radius 3 is 1.23 bits per heavy atom. The third-order valence-corrected chi connectivity index (χ3v) is 20.7. The molecule has 10 aromatic rings. The standard InChI is InChI=1S/C37H23BN7O16.C21H16BN2O6.C16H9N5O11/c1-3-37(25-12-29-32-18(13-41(29)34(47)24(25)14-58-36(37)49)6-17-7-19(38-59-15-46)4-5-26(17)39-32)60-35(48)16(2)61-40-33-22-8-20(42(50)51)10-27(44(54)55)30(22)31-23(33)9-21(43(52)53)11-28(31)45(56)57;1-2-21(28)15-7-17-18-12(8-24(17)19(26)14(15)9-29-20(21)27)5-11-6-13(22-30-10-25)3-4-16(11)23-18;1-6(16(22)23)32-17-15-9-2-7(18(24)25)4-11(20(28)29)13(9)14-10(15)3-8(19(26)27)5-12(14)21(30)31/h4-12,15-16H,3,13-14H2,1-2H3;3-7,10,28H,2,8-9H2,1H3;2-6H,1H3,(H,22,23)/t16-,37+;21-;6-/m101/s1. The molecule has 618 valence electrons. The number of aliphatic hydroxyl groups is 1. The van der Waals surface area contributed by atoms with E-state index in [0.717, 1.165) is 49.1 Å². The number of carbonyl (C=O) groups is 6. The maximum Gasteiger partial charge on any atom is 0.412 e. The molecule has 4 atom stereocenters. The van der Waals surface area contributed by atoms with E-state index in [0.29, 0.717) is 104 Å². The first-order chi connectivity index (χ1) is 58.5. The second kappa shape index (κ2) is 31.5. The Balaban J connectivity index is 0.000000166. The highest BCUT2D eigenvalue weighted by Gasteiger charge is 2.53. The average molecular weight is 1680 g/mol. The molecule has 6 aliphatic rings. The SMILES string of the molecule is CC[C@@]1(O)C(=O)OCc2c1cc1n(c2=O)Cc2cc3cc([B]OC=O)ccc3nc2-1.CC[C@@]1(OC(=O)[C@@H](C)ON=C2c3cc([N+](=O)[O-])cc([N+](=O)[O-])c3-c3c2cc([N+](=O)[O-])cc3[N+](=O)[O-])C(=O)OCc2c1cc1n(c2=O)Cc2cc3cc([B]OC=O)ccc3nc2-1.C[C@@H](ON=C1c2cc([N+](=O)[O-])cc([N+](=O)[O-])c2-c2c1cc([N+](=O)[O-])cc2[N+](=O)[O-])C(=O)O. The summed E-state index contributed by atoms with van der Waals surface area (Å²) in [6.07, 6.45) is -3.47. The Hall–Kier alpha value is -16.9. The van der Waals surface area contributed by atoms with Gasteiger partial charge in [0.1, 0.15) is 24.6 Å². The first-order valence-electron chi connectivity index (χ1n) is 35.6. The van der Waals surface area contributed by atoms with Gasteiger partial charge in [-0.05, 0) is 74.0 Å². The quantitative estimate of drug-likeness (QED) is 0.0171. The molecule has 2 radical (unpaired) electrons. The predicted molar refractivity (Wildman–Crippen MR) is 415 cm³/mol. The number of nitrogens with zero attached hydrogens (tertiary/aromatic N) is 14. The summed E-state index contributed by atoms with van der Waals surface area (Å²) in [6, 6.07) is 23.0. The van der Waals surface area contributed by atoms with Crippen molar-refractivity contribution >= 4 is 141 Å². The summed E-state index contributed by atoms with van der Waals surface area (Å²) in [6.45, 7) is 5.80. The van der Waals surface area contributed by atoms with Crippen molar-refractivity contribution in [2.24, 2.45) is 10.3 Å². The second-order valence-corrected chi connectivity index (χ2v) is 27.5. The van der Waals surface area contributed by atoms with E-state index >= 15 is 0 Å². The van der Waals surface area contributed by atoms with Crippen LogP contribution in [0.5, 0.6) is 0 Å². The third kappa shape index (κ3) is 14.2. The molecule has 47 nitrogen and oxygen atoms in total. The molecule has 0 saturated carbocycles. The summed E-state index contributed by atoms with van der Waals surface area (Å²) in [5, 5.41) is 123. The Labute approximate surface area is 681 Å². The normalized spacial score (nSPS) is 15.7. The van der Waals surface area contributed by atoms with E-state index < -0.39 is 189 Å². The number of rotatable bonds is 23. The number of pyridine rings is 4. The number of benzene rings is 6. The number of fused-ring (bicyclic) bond motifs is 16. The number of carbonyl (C=O) groups excluding carboxylic acids is 5. The fourth-order valence-electron chi connectivity index (χ4n) is 14.9. The van der Waals surface area contributed by atoms with Crippen molar-refractivity contribution in [3.8, 4) is 45.0 Å². The first kappa shape index (κ1) is 82.6. The number of nitro groups is 8. The molecule has 4 aromatic heterocycles. The lowest BCUT2D eigenvalue weighted by molar-refractivity contribution is -0.395. The molecule has 0 amide bonds. The molecular formula is C74H48B2N14O33. The summed E-state index contributed by atoms with van der Waals surface area (Å²) in [4.78, 5) is 204. The number of hydrogen-bond acceptors (Lipinski definition) is 36. The van der Waals surface area contributed by atoms with Crippen molar-refractivity contribution in [1.29, 1.82) is 0 Å². The number of esters is 3. The van der Waals surface area contributed by atoms with Crippen LogP contribution in [-0.2, 0) is 99.5 Å². The van der Waals surface area contributed by atoms with E-state index in [1.807, 2.05) is 18.2 Å². The average Bonchev–Trinajstić information content (AvgIpc) is 1.72. The Bertz CT molecular complexity index is 6580. The molecule has 6 aromatic carbocycles. The monoisotopic (exact) mass is 1680 g/mol. The van der Waals surface area contributed by atoms with Crippen LogP contribution < -0.4 is 22.0 Å². The van der Waals surface area contributed by atoms with Crippen LogP contribution in [0.4, 0.5) is 45.5 Å². The maximum atomic E-state index is 14.0. The molecule has 0 unspecified atom stereocenters. The van der Waals surface area contributed by atoms with Crippen LogP contribution in [0.3, 0.4) is 0 Å². The predicted octanol–water partition coefficient (Wildman–Crippen LogP) is 6.56. The number of ether oxygens (including phenoxy) is 3. The smallest absolute Gasteiger partial charge is 0.412 e. The summed E-state index contributed by atoms with van der Waals surface area (Å²) in [7, 11) is 2.60. The third-order valence-electron chi connectivity index (χ3n) is 20.7. The number of aliphatic carboxylic acids is 1. The lowest BCUT2D eigenvalue weighted by Gasteiger charge is -2.36. The van der Waals surface area contributed by atoms with E-state index in [2.05, 4.69) is 15.0 Å². The molecule has 49 heteroatoms. The van der Waals surface area contributed by atoms with Gasteiger partial charge in [-0.25, -0.2) is 29.1 Å². The lowest BCUT2D eigenvalue weighted by atomic mass is 9.85. The van der Waals surface area contributed by atoms with Crippen LogP contribution in [0, 0.1) is 80.9 Å². The van der Waals surface area contributed by atoms with Gasteiger partial charge in [0.05, 0.1) is 144 Å². The number of oxime groups is 2. The van der Waals surface area contributed by atoms with Crippen LogP contribution in [0.25, 0.3) is 66.8 Å². The highest BCUT2D eigenvalue weighted by atomic mass is 16.7. The summed E-state index contributed by atoms with van der Waals surface area (Å²) < 4.78 is 28.7. The molecule has 4 aliphatic heterocycles. The molecule has 0 bridgehead atoms. The van der Waals surface area contributed by atoms with Crippen molar-refractivity contribution in [1.82, 2.24) is 19.1 Å². The molecule has 123 heavy (non-hydrogen) atoms. The summed E-state index contributed by atoms with van der Waals surface area (Å²) in [5.74, 6) is -4.49. The van der Waals surface area contributed by atoms with Crippen molar-refractivity contribution in [2.45, 2.75) is 90.2 Å². The molecular weight excluding hydrogens is 1630 g/mol. The van der Waals surface area contributed by atoms with Gasteiger partial charge in [-0.3, -0.25) is 100 Å². The number of nitro benzene ring substituents is 8. The number of cyclic esters (lactones) is 2. The molecule has 0 spiro atoms. The van der Waals surface area contributed by atoms with Gasteiger partial charge >= 0.3 is 38.8 Å². The van der Waals surface area contributed by atoms with Gasteiger partial charge in [-0.2, -0.15) is 0 Å². The highest BCUT2D eigenvalue weighted by molar-refractivity contribution is 6.49. The maximum absolute atomic E-state index is 14.0. The van der Waals surface area contributed by atoms with Crippen LogP contribution in [0.15, 0.2) is 129 Å². The molecule has 8 heterocycles. The van der Waals surface area contributed by atoms with Gasteiger partial charge in [0, 0.05) is 79.5 Å². The molecule has 2 aliphatic carbocycles.